The van der Waals surface area contributed by atoms with Crippen LogP contribution < -0.4 is 4.74 Å². The molecule has 0 fully saturated rings. The van der Waals surface area contributed by atoms with Crippen molar-refractivity contribution in [3.05, 3.63) is 46.4 Å². The van der Waals surface area contributed by atoms with Gasteiger partial charge in [0.1, 0.15) is 5.75 Å². The largest absolute Gasteiger partial charge is 0.494 e. The van der Waals surface area contributed by atoms with Gasteiger partial charge in [0.25, 0.3) is 0 Å². The van der Waals surface area contributed by atoms with Crippen molar-refractivity contribution in [2.45, 2.75) is 6.92 Å². The van der Waals surface area contributed by atoms with Crippen LogP contribution >= 0.6 is 34.5 Å². The second-order valence-electron chi connectivity index (χ2n) is 4.94. The van der Waals surface area contributed by atoms with E-state index in [1.807, 2.05) is 35.6 Å². The minimum absolute atomic E-state index is 0.499. The lowest BCUT2D eigenvalue weighted by Crippen LogP contribution is -1.91. The van der Waals surface area contributed by atoms with Gasteiger partial charge in [0.2, 0.25) is 4.96 Å². The van der Waals surface area contributed by atoms with Gasteiger partial charge < -0.3 is 4.74 Å². The van der Waals surface area contributed by atoms with Crippen LogP contribution in [0.1, 0.15) is 6.92 Å². The summed E-state index contributed by atoms with van der Waals surface area (Å²) in [7, 11) is 0. The van der Waals surface area contributed by atoms with Crippen molar-refractivity contribution in [2.75, 3.05) is 6.61 Å². The Labute approximate surface area is 146 Å². The molecule has 0 saturated carbocycles. The van der Waals surface area contributed by atoms with Crippen molar-refractivity contribution in [2.24, 2.45) is 0 Å². The van der Waals surface area contributed by atoms with Gasteiger partial charge in [-0.25, -0.2) is 0 Å². The van der Waals surface area contributed by atoms with Gasteiger partial charge in [-0.3, -0.25) is 4.40 Å². The zero-order valence-corrected chi connectivity index (χ0v) is 14.4. The molecule has 0 saturated heterocycles. The highest BCUT2D eigenvalue weighted by Gasteiger charge is 2.15. The summed E-state index contributed by atoms with van der Waals surface area (Å²) in [6.07, 6.45) is 0. The Bertz CT molecular complexity index is 1020. The third kappa shape index (κ3) is 2.45. The molecular formula is C16H11Cl2N3OS. The normalized spacial score (nSPS) is 11.4. The summed E-state index contributed by atoms with van der Waals surface area (Å²) in [6, 6.07) is 11.5. The van der Waals surface area contributed by atoms with E-state index in [-0.39, 0.29) is 0 Å². The lowest BCUT2D eigenvalue weighted by Gasteiger charge is -2.03. The average Bonchev–Trinajstić information content (AvgIpc) is 3.09. The lowest BCUT2D eigenvalue weighted by molar-refractivity contribution is 0.341. The molecule has 7 heteroatoms. The van der Waals surface area contributed by atoms with Crippen LogP contribution in [0.5, 0.6) is 5.75 Å². The molecule has 0 aliphatic carbocycles. The van der Waals surface area contributed by atoms with Crippen LogP contribution in [-0.4, -0.2) is 21.2 Å². The van der Waals surface area contributed by atoms with Gasteiger partial charge in [0.15, 0.2) is 5.82 Å². The summed E-state index contributed by atoms with van der Waals surface area (Å²) < 4.78 is 8.68. The molecule has 2 aromatic heterocycles. The van der Waals surface area contributed by atoms with E-state index in [4.69, 9.17) is 27.9 Å². The van der Waals surface area contributed by atoms with E-state index < -0.39 is 0 Å². The second kappa shape index (κ2) is 5.67. The summed E-state index contributed by atoms with van der Waals surface area (Å²) >= 11 is 13.7. The van der Waals surface area contributed by atoms with Crippen molar-refractivity contribution in [1.82, 2.24) is 14.6 Å². The zero-order chi connectivity index (χ0) is 16.0. The molecule has 4 aromatic rings. The third-order valence-electron chi connectivity index (χ3n) is 3.50. The Balaban J connectivity index is 1.93. The van der Waals surface area contributed by atoms with Gasteiger partial charge in [0, 0.05) is 5.56 Å². The standard InChI is InChI=1S/C16H11Cl2N3OS/c1-2-22-10-4-6-13-14(8-10)23-16-20-19-15(21(13)16)9-3-5-11(17)12(18)7-9/h3-8H,2H2,1H3. The summed E-state index contributed by atoms with van der Waals surface area (Å²) in [6.45, 7) is 2.61. The number of fused-ring (bicyclic) bond motifs is 3. The summed E-state index contributed by atoms with van der Waals surface area (Å²) in [5, 5.41) is 9.59. The van der Waals surface area contributed by atoms with Gasteiger partial charge in [-0.2, -0.15) is 0 Å². The van der Waals surface area contributed by atoms with Gasteiger partial charge in [-0.15, -0.1) is 10.2 Å². The van der Waals surface area contributed by atoms with Gasteiger partial charge in [0.05, 0.1) is 26.9 Å². The SMILES string of the molecule is CCOc1ccc2c(c1)sc1nnc(-c3ccc(Cl)c(Cl)c3)n12. The molecule has 0 amide bonds. The Morgan fingerprint density at radius 1 is 1.09 bits per heavy atom. The first kappa shape index (κ1) is 14.8. The fraction of sp³-hybridized carbons (Fsp3) is 0.125. The molecule has 2 aromatic carbocycles. The smallest absolute Gasteiger partial charge is 0.217 e. The zero-order valence-electron chi connectivity index (χ0n) is 12.1. The average molecular weight is 364 g/mol. The molecule has 23 heavy (non-hydrogen) atoms. The second-order valence-corrected chi connectivity index (χ2v) is 6.76. The van der Waals surface area contributed by atoms with Crippen molar-refractivity contribution < 1.29 is 4.74 Å². The van der Waals surface area contributed by atoms with Crippen LogP contribution in [0.3, 0.4) is 0 Å². The topological polar surface area (TPSA) is 39.4 Å². The fourth-order valence-corrected chi connectivity index (χ4v) is 3.78. The fourth-order valence-electron chi connectivity index (χ4n) is 2.49. The number of hydrogen-bond acceptors (Lipinski definition) is 4. The van der Waals surface area contributed by atoms with Crippen LogP contribution in [-0.2, 0) is 0 Å². The quantitative estimate of drug-likeness (QED) is 0.494. The number of hydrogen-bond donors (Lipinski definition) is 0. The van der Waals surface area contributed by atoms with E-state index in [1.54, 1.807) is 23.5 Å². The molecule has 2 heterocycles. The van der Waals surface area contributed by atoms with Gasteiger partial charge in [-0.05, 0) is 43.3 Å². The minimum atomic E-state index is 0.499. The molecule has 0 aliphatic rings. The Morgan fingerprint density at radius 3 is 2.74 bits per heavy atom. The molecule has 0 N–H and O–H groups in total. The van der Waals surface area contributed by atoms with Crippen LogP contribution in [0, 0.1) is 0 Å². The first-order chi connectivity index (χ1) is 11.2. The molecule has 4 nitrogen and oxygen atoms in total. The lowest BCUT2D eigenvalue weighted by atomic mass is 10.2. The maximum atomic E-state index is 6.13. The highest BCUT2D eigenvalue weighted by Crippen LogP contribution is 2.34. The molecule has 0 bridgehead atoms. The predicted molar refractivity (Wildman–Crippen MR) is 95.0 cm³/mol. The monoisotopic (exact) mass is 363 g/mol. The van der Waals surface area contributed by atoms with E-state index in [1.165, 1.54) is 0 Å². The number of thiazole rings is 1. The molecule has 0 radical (unpaired) electrons. The van der Waals surface area contributed by atoms with Crippen molar-refractivity contribution in [3.63, 3.8) is 0 Å². The molecule has 0 unspecified atom stereocenters. The predicted octanol–water partition coefficient (Wildman–Crippen LogP) is 5.32. The number of benzene rings is 2. The van der Waals surface area contributed by atoms with Crippen molar-refractivity contribution in [1.29, 1.82) is 0 Å². The van der Waals surface area contributed by atoms with E-state index in [0.29, 0.717) is 16.7 Å². The van der Waals surface area contributed by atoms with Crippen LogP contribution in [0.25, 0.3) is 26.6 Å². The highest BCUT2D eigenvalue weighted by atomic mass is 35.5. The summed E-state index contributed by atoms with van der Waals surface area (Å²) in [4.78, 5) is 0.828. The van der Waals surface area contributed by atoms with E-state index in [9.17, 15) is 0 Å². The minimum Gasteiger partial charge on any atom is -0.494 e. The number of halogens is 2. The molecule has 116 valence electrons. The first-order valence-corrected chi connectivity index (χ1v) is 8.60. The molecule has 0 atom stereocenters. The van der Waals surface area contributed by atoms with Crippen molar-refractivity contribution in [3.8, 4) is 17.1 Å². The first-order valence-electron chi connectivity index (χ1n) is 7.03. The Kier molecular flexibility index (Phi) is 3.64. The van der Waals surface area contributed by atoms with Crippen molar-refractivity contribution >= 4 is 49.7 Å². The maximum Gasteiger partial charge on any atom is 0.217 e. The number of aromatic nitrogens is 3. The highest BCUT2D eigenvalue weighted by molar-refractivity contribution is 7.23. The van der Waals surface area contributed by atoms with E-state index in [2.05, 4.69) is 10.2 Å². The molecule has 0 spiro atoms. The Morgan fingerprint density at radius 2 is 1.96 bits per heavy atom. The third-order valence-corrected chi connectivity index (χ3v) is 5.23. The number of nitrogens with zero attached hydrogens (tertiary/aromatic N) is 3. The number of ether oxygens (including phenoxy) is 1. The Hall–Kier alpha value is -1.82. The van der Waals surface area contributed by atoms with Gasteiger partial charge in [-0.1, -0.05) is 34.5 Å². The molecule has 4 rings (SSSR count). The van der Waals surface area contributed by atoms with Gasteiger partial charge >= 0.3 is 0 Å². The summed E-state index contributed by atoms with van der Waals surface area (Å²) in [5.74, 6) is 1.60. The molecule has 0 aliphatic heterocycles. The van der Waals surface area contributed by atoms with Crippen LogP contribution in [0.15, 0.2) is 36.4 Å². The maximum absolute atomic E-state index is 6.13. The van der Waals surface area contributed by atoms with E-state index in [0.717, 1.165) is 32.3 Å². The van der Waals surface area contributed by atoms with Crippen LogP contribution in [0.2, 0.25) is 10.0 Å². The van der Waals surface area contributed by atoms with E-state index >= 15 is 0 Å². The summed E-state index contributed by atoms with van der Waals surface area (Å²) in [5.41, 5.74) is 1.92. The van der Waals surface area contributed by atoms with Crippen LogP contribution in [0.4, 0.5) is 0 Å². The number of rotatable bonds is 3. The molecular weight excluding hydrogens is 353 g/mol.